The molecular weight excluding hydrogens is 407 g/mol. The molecule has 30 heavy (non-hydrogen) atoms. The van der Waals surface area contributed by atoms with Crippen LogP contribution in [0.25, 0.3) is 0 Å². The van der Waals surface area contributed by atoms with Gasteiger partial charge < -0.3 is 25.2 Å². The van der Waals surface area contributed by atoms with Crippen molar-refractivity contribution in [2.75, 3.05) is 14.2 Å². The maximum Gasteiger partial charge on any atom is 0.437 e. The molecule has 1 aromatic carbocycles. The quantitative estimate of drug-likeness (QED) is 0.634. The van der Waals surface area contributed by atoms with E-state index >= 15 is 0 Å². The summed E-state index contributed by atoms with van der Waals surface area (Å²) in [5, 5.41) is 14.3. The highest BCUT2D eigenvalue weighted by Crippen LogP contribution is 2.45. The molecule has 1 aliphatic heterocycles. The number of benzene rings is 1. The highest BCUT2D eigenvalue weighted by Gasteiger charge is 2.66. The van der Waals surface area contributed by atoms with Crippen molar-refractivity contribution in [1.29, 1.82) is 0 Å². The van der Waals surface area contributed by atoms with Gasteiger partial charge >= 0.3 is 12.2 Å². The Morgan fingerprint density at radius 3 is 2.47 bits per heavy atom. The van der Waals surface area contributed by atoms with Crippen molar-refractivity contribution in [1.82, 2.24) is 15.6 Å². The molecule has 1 aromatic heterocycles. The number of aromatic nitrogens is 1. The number of carbonyl (C=O) groups excluding carboxylic acids is 2. The van der Waals surface area contributed by atoms with Crippen molar-refractivity contribution in [2.24, 2.45) is 5.92 Å². The molecule has 0 spiro atoms. The summed E-state index contributed by atoms with van der Waals surface area (Å²) in [6, 6.07) is 3.95. The highest BCUT2D eigenvalue weighted by molar-refractivity contribution is 6.00. The average Bonchev–Trinajstić information content (AvgIpc) is 2.72. The molecular formula is C19H18F3N3O5. The topological polar surface area (TPSA) is 110 Å². The SMILES string of the molecule is COc1ccc([C@@H]2NC(=O)N[C@](O)(C(F)(F)F)[C@@H]2C(=O)c2cccnc2)cc1OC. The molecule has 1 aliphatic rings. The molecule has 11 heteroatoms. The molecule has 2 amide bonds. The molecule has 1 saturated heterocycles. The lowest BCUT2D eigenvalue weighted by atomic mass is 9.77. The lowest BCUT2D eigenvalue weighted by Gasteiger charge is -2.45. The highest BCUT2D eigenvalue weighted by atomic mass is 19.4. The van der Waals surface area contributed by atoms with Crippen molar-refractivity contribution < 1.29 is 37.3 Å². The van der Waals surface area contributed by atoms with E-state index in [1.54, 1.807) is 0 Å². The number of halogens is 3. The summed E-state index contributed by atoms with van der Waals surface area (Å²) in [6.07, 6.45) is -2.91. The number of amides is 2. The number of nitrogens with zero attached hydrogens (tertiary/aromatic N) is 1. The largest absolute Gasteiger partial charge is 0.493 e. The fourth-order valence-electron chi connectivity index (χ4n) is 3.35. The van der Waals surface area contributed by atoms with Gasteiger partial charge in [-0.25, -0.2) is 4.79 Å². The summed E-state index contributed by atoms with van der Waals surface area (Å²) >= 11 is 0. The molecule has 3 N–H and O–H groups in total. The van der Waals surface area contributed by atoms with E-state index in [0.717, 1.165) is 6.20 Å². The van der Waals surface area contributed by atoms with E-state index in [0.29, 0.717) is 5.75 Å². The van der Waals surface area contributed by atoms with Gasteiger partial charge in [-0.15, -0.1) is 0 Å². The van der Waals surface area contributed by atoms with Crippen LogP contribution in [0.2, 0.25) is 0 Å². The number of carbonyl (C=O) groups is 2. The summed E-state index contributed by atoms with van der Waals surface area (Å²) in [5.41, 5.74) is -3.87. The molecule has 1 fully saturated rings. The molecule has 3 atom stereocenters. The third-order valence-corrected chi connectivity index (χ3v) is 4.80. The molecule has 0 unspecified atom stereocenters. The van der Waals surface area contributed by atoms with E-state index in [1.807, 2.05) is 0 Å². The Labute approximate surface area is 169 Å². The molecule has 160 valence electrons. The lowest BCUT2D eigenvalue weighted by Crippen LogP contribution is -2.72. The molecule has 0 radical (unpaired) electrons. The number of hydrogen-bond donors (Lipinski definition) is 3. The number of hydrogen-bond acceptors (Lipinski definition) is 6. The van der Waals surface area contributed by atoms with E-state index in [2.05, 4.69) is 10.3 Å². The number of ketones is 1. The van der Waals surface area contributed by atoms with Crippen LogP contribution in [-0.4, -0.2) is 48.0 Å². The van der Waals surface area contributed by atoms with Crippen molar-refractivity contribution >= 4 is 11.8 Å². The van der Waals surface area contributed by atoms with Crippen LogP contribution >= 0.6 is 0 Å². The van der Waals surface area contributed by atoms with Gasteiger partial charge in [0.05, 0.1) is 20.3 Å². The van der Waals surface area contributed by atoms with Gasteiger partial charge in [-0.05, 0) is 29.8 Å². The molecule has 0 aliphatic carbocycles. The predicted molar refractivity (Wildman–Crippen MR) is 97.0 cm³/mol. The normalized spacial score (nSPS) is 23.9. The maximum absolute atomic E-state index is 13.9. The molecule has 2 heterocycles. The van der Waals surface area contributed by atoms with Gasteiger partial charge in [0.2, 0.25) is 5.72 Å². The second kappa shape index (κ2) is 7.82. The van der Waals surface area contributed by atoms with Crippen molar-refractivity contribution in [2.45, 2.75) is 17.9 Å². The third-order valence-electron chi connectivity index (χ3n) is 4.80. The fourth-order valence-corrected chi connectivity index (χ4v) is 3.35. The monoisotopic (exact) mass is 425 g/mol. The maximum atomic E-state index is 13.9. The minimum Gasteiger partial charge on any atom is -0.493 e. The summed E-state index contributed by atoms with van der Waals surface area (Å²) in [5.74, 6) is -2.75. The van der Waals surface area contributed by atoms with Gasteiger partial charge in [-0.2, -0.15) is 13.2 Å². The predicted octanol–water partition coefficient (Wildman–Crippen LogP) is 2.20. The molecule has 0 saturated carbocycles. The number of nitrogens with one attached hydrogen (secondary N) is 2. The summed E-state index contributed by atoms with van der Waals surface area (Å²) in [7, 11) is 2.70. The Kier molecular flexibility index (Phi) is 5.57. The number of pyridine rings is 1. The van der Waals surface area contributed by atoms with Gasteiger partial charge in [0.25, 0.3) is 0 Å². The number of Topliss-reactive ketones (excluding diaryl/α,β-unsaturated/α-hetero) is 1. The van der Waals surface area contributed by atoms with Gasteiger partial charge in [0, 0.05) is 18.0 Å². The summed E-state index contributed by atoms with van der Waals surface area (Å²) < 4.78 is 51.9. The molecule has 2 aromatic rings. The third kappa shape index (κ3) is 3.63. The summed E-state index contributed by atoms with van der Waals surface area (Å²) in [4.78, 5) is 28.9. The van der Waals surface area contributed by atoms with Gasteiger partial charge in [-0.3, -0.25) is 9.78 Å². The van der Waals surface area contributed by atoms with E-state index in [4.69, 9.17) is 9.47 Å². The van der Waals surface area contributed by atoms with E-state index < -0.39 is 35.7 Å². The van der Waals surface area contributed by atoms with Crippen LogP contribution in [0.5, 0.6) is 11.5 Å². The van der Waals surface area contributed by atoms with Crippen LogP contribution in [0.1, 0.15) is 22.0 Å². The number of urea groups is 1. The number of alkyl halides is 3. The zero-order valence-corrected chi connectivity index (χ0v) is 15.9. The zero-order valence-electron chi connectivity index (χ0n) is 15.9. The van der Waals surface area contributed by atoms with Crippen LogP contribution in [0.15, 0.2) is 42.7 Å². The number of aliphatic hydroxyl groups is 1. The summed E-state index contributed by atoms with van der Waals surface area (Å²) in [6.45, 7) is 0. The first-order chi connectivity index (χ1) is 14.1. The van der Waals surface area contributed by atoms with Crippen LogP contribution in [-0.2, 0) is 0 Å². The van der Waals surface area contributed by atoms with Crippen molar-refractivity contribution in [3.05, 3.63) is 53.9 Å². The number of methoxy groups -OCH3 is 2. The molecule has 3 rings (SSSR count). The smallest absolute Gasteiger partial charge is 0.437 e. The average molecular weight is 425 g/mol. The Bertz CT molecular complexity index is 954. The van der Waals surface area contributed by atoms with Crippen molar-refractivity contribution in [3.8, 4) is 11.5 Å². The first-order valence-corrected chi connectivity index (χ1v) is 8.66. The molecule has 8 nitrogen and oxygen atoms in total. The molecule has 0 bridgehead atoms. The van der Waals surface area contributed by atoms with E-state index in [9.17, 15) is 27.9 Å². The Hall–Kier alpha value is -3.34. The van der Waals surface area contributed by atoms with Crippen LogP contribution in [0.4, 0.5) is 18.0 Å². The van der Waals surface area contributed by atoms with Crippen LogP contribution < -0.4 is 20.1 Å². The Morgan fingerprint density at radius 1 is 1.20 bits per heavy atom. The Morgan fingerprint density at radius 2 is 1.90 bits per heavy atom. The van der Waals surface area contributed by atoms with Crippen LogP contribution in [0.3, 0.4) is 0 Å². The first kappa shape index (κ1) is 21.4. The first-order valence-electron chi connectivity index (χ1n) is 8.66. The Balaban J connectivity index is 2.18. The lowest BCUT2D eigenvalue weighted by molar-refractivity contribution is -0.287. The van der Waals surface area contributed by atoms with Gasteiger partial charge in [0.1, 0.15) is 5.92 Å². The zero-order chi connectivity index (χ0) is 22.1. The second-order valence-electron chi connectivity index (χ2n) is 6.54. The van der Waals surface area contributed by atoms with Gasteiger partial charge in [-0.1, -0.05) is 6.07 Å². The standard InChI is InChI=1S/C19H18F3N3O5/c1-29-12-6-5-10(8-13(12)30-2)15-14(16(26)11-4-3-7-23-9-11)18(28,19(20,21)22)25-17(27)24-15/h3-9,14-15,28H,1-2H3,(H2,24,25,27)/t14-,15-,18+/m0/s1. The van der Waals surface area contributed by atoms with Gasteiger partial charge in [0.15, 0.2) is 17.3 Å². The minimum absolute atomic E-state index is 0.104. The van der Waals surface area contributed by atoms with E-state index in [-0.39, 0.29) is 16.9 Å². The van der Waals surface area contributed by atoms with E-state index in [1.165, 1.54) is 56.1 Å². The second-order valence-corrected chi connectivity index (χ2v) is 6.54. The van der Waals surface area contributed by atoms with Crippen LogP contribution in [0, 0.1) is 5.92 Å². The number of rotatable bonds is 5. The minimum atomic E-state index is -5.35. The number of ether oxygens (including phenoxy) is 2. The fraction of sp³-hybridized carbons (Fsp3) is 0.316. The van der Waals surface area contributed by atoms with Crippen molar-refractivity contribution in [3.63, 3.8) is 0 Å².